The van der Waals surface area contributed by atoms with E-state index in [1.807, 2.05) is 54.1 Å². The number of aryl methyl sites for hydroxylation is 1. The molecule has 2 aromatic carbocycles. The van der Waals surface area contributed by atoms with Gasteiger partial charge in [-0.05, 0) is 50.6 Å². The Bertz CT molecular complexity index is 952. The van der Waals surface area contributed by atoms with Gasteiger partial charge < -0.3 is 15.4 Å². The van der Waals surface area contributed by atoms with E-state index >= 15 is 0 Å². The van der Waals surface area contributed by atoms with Crippen molar-refractivity contribution in [1.29, 1.82) is 0 Å². The van der Waals surface area contributed by atoms with Crippen LogP contribution in [0.2, 0.25) is 0 Å². The highest BCUT2D eigenvalue weighted by molar-refractivity contribution is 14.0. The Morgan fingerprint density at radius 2 is 1.73 bits per heavy atom. The molecular formula is C23H30IN5O. The highest BCUT2D eigenvalue weighted by atomic mass is 127. The minimum atomic E-state index is 0. The van der Waals surface area contributed by atoms with Gasteiger partial charge in [0.1, 0.15) is 5.75 Å². The minimum absolute atomic E-state index is 0. The van der Waals surface area contributed by atoms with Crippen molar-refractivity contribution in [2.45, 2.75) is 33.9 Å². The number of methoxy groups -OCH3 is 1. The second-order valence-electron chi connectivity index (χ2n) is 6.79. The van der Waals surface area contributed by atoms with Crippen molar-refractivity contribution in [2.24, 2.45) is 4.99 Å². The molecule has 0 aliphatic rings. The molecule has 0 spiro atoms. The van der Waals surface area contributed by atoms with Crippen molar-refractivity contribution in [2.75, 3.05) is 13.7 Å². The molecular weight excluding hydrogens is 489 g/mol. The topological polar surface area (TPSA) is 63.5 Å². The maximum atomic E-state index is 5.21. The number of aliphatic imine (C=N–C) groups is 1. The Morgan fingerprint density at radius 1 is 1.03 bits per heavy atom. The van der Waals surface area contributed by atoms with Crippen LogP contribution in [-0.4, -0.2) is 29.4 Å². The molecule has 3 rings (SSSR count). The number of halogens is 1. The molecule has 160 valence electrons. The number of nitrogens with one attached hydrogen (secondary N) is 2. The third-order valence-electron chi connectivity index (χ3n) is 4.80. The second-order valence-corrected chi connectivity index (χ2v) is 6.79. The molecule has 30 heavy (non-hydrogen) atoms. The Balaban J connectivity index is 0.00000320. The Kier molecular flexibility index (Phi) is 9.16. The van der Waals surface area contributed by atoms with Gasteiger partial charge in [-0.1, -0.05) is 30.3 Å². The van der Waals surface area contributed by atoms with Crippen LogP contribution in [0.4, 0.5) is 0 Å². The van der Waals surface area contributed by atoms with Gasteiger partial charge in [-0.2, -0.15) is 5.10 Å². The van der Waals surface area contributed by atoms with Crippen molar-refractivity contribution >= 4 is 29.9 Å². The van der Waals surface area contributed by atoms with E-state index in [1.165, 1.54) is 5.56 Å². The Labute approximate surface area is 195 Å². The molecule has 0 radical (unpaired) electrons. The zero-order valence-corrected chi connectivity index (χ0v) is 20.3. The van der Waals surface area contributed by atoms with Gasteiger partial charge in [-0.3, -0.25) is 0 Å². The standard InChI is InChI=1S/C23H29N5O.HI/c1-5-24-23(25-15-19-11-13-21(29-4)14-12-19)26-16-22-17(2)27-28(18(22)3)20-9-7-6-8-10-20;/h6-14H,5,15-16H2,1-4H3,(H2,24,25,26);1H. The van der Waals surface area contributed by atoms with Crippen LogP contribution in [0.25, 0.3) is 5.69 Å². The zero-order valence-electron chi connectivity index (χ0n) is 18.0. The SMILES string of the molecule is CCNC(=NCc1ccc(OC)cc1)NCc1c(C)nn(-c2ccccc2)c1C.I. The van der Waals surface area contributed by atoms with Gasteiger partial charge in [0.15, 0.2) is 5.96 Å². The smallest absolute Gasteiger partial charge is 0.191 e. The fourth-order valence-corrected chi connectivity index (χ4v) is 3.17. The van der Waals surface area contributed by atoms with E-state index in [4.69, 9.17) is 14.8 Å². The summed E-state index contributed by atoms with van der Waals surface area (Å²) in [4.78, 5) is 4.70. The normalized spacial score (nSPS) is 11.0. The van der Waals surface area contributed by atoms with Crippen molar-refractivity contribution in [3.8, 4) is 11.4 Å². The number of guanidine groups is 1. The van der Waals surface area contributed by atoms with Crippen molar-refractivity contribution in [3.63, 3.8) is 0 Å². The van der Waals surface area contributed by atoms with Gasteiger partial charge in [0.25, 0.3) is 0 Å². The third-order valence-corrected chi connectivity index (χ3v) is 4.80. The quantitative estimate of drug-likeness (QED) is 0.277. The number of hydrogen-bond donors (Lipinski definition) is 2. The van der Waals surface area contributed by atoms with Crippen molar-refractivity contribution < 1.29 is 4.74 Å². The second kappa shape index (κ2) is 11.6. The van der Waals surface area contributed by atoms with Gasteiger partial charge in [-0.15, -0.1) is 24.0 Å². The highest BCUT2D eigenvalue weighted by Crippen LogP contribution is 2.17. The largest absolute Gasteiger partial charge is 0.497 e. The number of hydrogen-bond acceptors (Lipinski definition) is 3. The van der Waals surface area contributed by atoms with Crippen molar-refractivity contribution in [3.05, 3.63) is 77.1 Å². The molecule has 0 aliphatic heterocycles. The van der Waals surface area contributed by atoms with E-state index in [2.05, 4.69) is 36.6 Å². The summed E-state index contributed by atoms with van der Waals surface area (Å²) in [5, 5.41) is 11.5. The molecule has 0 saturated carbocycles. The first-order chi connectivity index (χ1) is 14.1. The van der Waals surface area contributed by atoms with Crippen LogP contribution >= 0.6 is 24.0 Å². The van der Waals surface area contributed by atoms with E-state index in [0.717, 1.165) is 40.9 Å². The van der Waals surface area contributed by atoms with Gasteiger partial charge in [0, 0.05) is 24.3 Å². The average molecular weight is 519 g/mol. The predicted molar refractivity (Wildman–Crippen MR) is 133 cm³/mol. The summed E-state index contributed by atoms with van der Waals surface area (Å²) < 4.78 is 7.20. The first-order valence-electron chi connectivity index (χ1n) is 9.88. The molecule has 0 fully saturated rings. The molecule has 0 amide bonds. The number of rotatable bonds is 7. The number of ether oxygens (including phenoxy) is 1. The van der Waals surface area contributed by atoms with Gasteiger partial charge >= 0.3 is 0 Å². The van der Waals surface area contributed by atoms with Crippen LogP contribution in [0.15, 0.2) is 59.6 Å². The van der Waals surface area contributed by atoms with Crippen LogP contribution in [0.3, 0.4) is 0 Å². The van der Waals surface area contributed by atoms with E-state index in [1.54, 1.807) is 7.11 Å². The van der Waals surface area contributed by atoms with Crippen LogP contribution in [-0.2, 0) is 13.1 Å². The molecule has 0 unspecified atom stereocenters. The number of nitrogens with zero attached hydrogens (tertiary/aromatic N) is 3. The fraction of sp³-hybridized carbons (Fsp3) is 0.304. The van der Waals surface area contributed by atoms with Crippen LogP contribution < -0.4 is 15.4 Å². The maximum absolute atomic E-state index is 5.21. The maximum Gasteiger partial charge on any atom is 0.191 e. The van der Waals surface area contributed by atoms with Crippen molar-refractivity contribution in [1.82, 2.24) is 20.4 Å². The summed E-state index contributed by atoms with van der Waals surface area (Å²) in [6, 6.07) is 18.2. The number of benzene rings is 2. The molecule has 0 aliphatic carbocycles. The van der Waals surface area contributed by atoms with Crippen LogP contribution in [0.5, 0.6) is 5.75 Å². The lowest BCUT2D eigenvalue weighted by Crippen LogP contribution is -2.37. The van der Waals surface area contributed by atoms with E-state index in [9.17, 15) is 0 Å². The molecule has 0 atom stereocenters. The Hall–Kier alpha value is -2.55. The molecule has 2 N–H and O–H groups in total. The van der Waals surface area contributed by atoms with E-state index in [-0.39, 0.29) is 24.0 Å². The van der Waals surface area contributed by atoms with Crippen LogP contribution in [0.1, 0.15) is 29.4 Å². The summed E-state index contributed by atoms with van der Waals surface area (Å²) in [6.07, 6.45) is 0. The Morgan fingerprint density at radius 3 is 2.37 bits per heavy atom. The minimum Gasteiger partial charge on any atom is -0.497 e. The third kappa shape index (κ3) is 5.98. The predicted octanol–water partition coefficient (Wildman–Crippen LogP) is 4.37. The lowest BCUT2D eigenvalue weighted by atomic mass is 10.2. The molecule has 7 heteroatoms. The summed E-state index contributed by atoms with van der Waals surface area (Å²) in [5.74, 6) is 1.64. The fourth-order valence-electron chi connectivity index (χ4n) is 3.17. The number of aromatic nitrogens is 2. The summed E-state index contributed by atoms with van der Waals surface area (Å²) in [6.45, 7) is 8.28. The van der Waals surface area contributed by atoms with E-state index in [0.29, 0.717) is 13.1 Å². The first-order valence-corrected chi connectivity index (χ1v) is 9.88. The molecule has 0 bridgehead atoms. The molecule has 1 heterocycles. The molecule has 1 aromatic heterocycles. The lowest BCUT2D eigenvalue weighted by Gasteiger charge is -2.12. The number of para-hydroxylation sites is 1. The summed E-state index contributed by atoms with van der Waals surface area (Å²) >= 11 is 0. The molecule has 3 aromatic rings. The monoisotopic (exact) mass is 519 g/mol. The molecule has 0 saturated heterocycles. The lowest BCUT2D eigenvalue weighted by molar-refractivity contribution is 0.414. The van der Waals surface area contributed by atoms with Gasteiger partial charge in [0.2, 0.25) is 0 Å². The molecule has 6 nitrogen and oxygen atoms in total. The van der Waals surface area contributed by atoms with Gasteiger partial charge in [0.05, 0.1) is 25.0 Å². The first kappa shape index (κ1) is 23.7. The highest BCUT2D eigenvalue weighted by Gasteiger charge is 2.13. The average Bonchev–Trinajstić information content (AvgIpc) is 3.04. The summed E-state index contributed by atoms with van der Waals surface area (Å²) in [7, 11) is 1.67. The van der Waals surface area contributed by atoms with E-state index < -0.39 is 0 Å². The van der Waals surface area contributed by atoms with Gasteiger partial charge in [-0.25, -0.2) is 9.67 Å². The zero-order chi connectivity index (χ0) is 20.6. The van der Waals surface area contributed by atoms with Crippen LogP contribution in [0, 0.1) is 13.8 Å². The summed E-state index contributed by atoms with van der Waals surface area (Å²) in [5.41, 5.74) is 5.53.